The van der Waals surface area contributed by atoms with Gasteiger partial charge in [-0.2, -0.15) is 0 Å². The molecule has 10 heteroatoms. The molecule has 28 heavy (non-hydrogen) atoms. The van der Waals surface area contributed by atoms with Crippen LogP contribution >= 0.6 is 0 Å². The molecule has 0 saturated carbocycles. The third kappa shape index (κ3) is 4.41. The molecule has 9 nitrogen and oxygen atoms in total. The fourth-order valence-corrected chi connectivity index (χ4v) is 3.81. The minimum atomic E-state index is -3.61. The number of carbonyl (C=O) groups excluding carboxylic acids is 1. The molecular weight excluding hydrogens is 382 g/mol. The Balaban J connectivity index is 1.72. The molecule has 146 valence electrons. The molecular formula is C18H19N5O4S. The standard InChI is InChI=1S/C18H19N5O4S/c1-12(2)21-28(26,27)14-9-7-13(8-10-14)19-17(24)11-23-18(25)15-5-3-4-6-16(15)20-22-23/h3-10,12,21H,11H2,1-2H3,(H,19,24). The summed E-state index contributed by atoms with van der Waals surface area (Å²) in [7, 11) is -3.61. The molecule has 0 bridgehead atoms. The maximum absolute atomic E-state index is 12.4. The second-order valence-electron chi connectivity index (χ2n) is 6.42. The van der Waals surface area contributed by atoms with E-state index in [1.54, 1.807) is 38.1 Å². The summed E-state index contributed by atoms with van der Waals surface area (Å²) >= 11 is 0. The summed E-state index contributed by atoms with van der Waals surface area (Å²) in [6.45, 7) is 3.14. The Labute approximate surface area is 161 Å². The zero-order valence-electron chi connectivity index (χ0n) is 15.3. The largest absolute Gasteiger partial charge is 0.324 e. The number of amides is 1. The molecule has 0 aliphatic heterocycles. The normalized spacial score (nSPS) is 11.7. The first-order valence-corrected chi connectivity index (χ1v) is 9.99. The average molecular weight is 401 g/mol. The first-order chi connectivity index (χ1) is 13.3. The van der Waals surface area contributed by atoms with Crippen molar-refractivity contribution in [3.05, 3.63) is 58.9 Å². The van der Waals surface area contributed by atoms with Crippen molar-refractivity contribution in [2.75, 3.05) is 5.32 Å². The van der Waals surface area contributed by atoms with E-state index in [1.807, 2.05) is 0 Å². The molecule has 1 amide bonds. The van der Waals surface area contributed by atoms with E-state index in [-0.39, 0.29) is 17.5 Å². The van der Waals surface area contributed by atoms with Crippen molar-refractivity contribution in [2.24, 2.45) is 0 Å². The van der Waals surface area contributed by atoms with Crippen molar-refractivity contribution >= 4 is 32.5 Å². The smallest absolute Gasteiger partial charge is 0.278 e. The molecule has 0 atom stereocenters. The molecule has 0 spiro atoms. The average Bonchev–Trinajstić information content (AvgIpc) is 2.64. The predicted octanol–water partition coefficient (Wildman–Crippen LogP) is 1.12. The Morgan fingerprint density at radius 1 is 1.11 bits per heavy atom. The number of hydrogen-bond donors (Lipinski definition) is 2. The number of nitrogens with zero attached hydrogens (tertiary/aromatic N) is 3. The van der Waals surface area contributed by atoms with Crippen molar-refractivity contribution in [3.8, 4) is 0 Å². The third-order valence-electron chi connectivity index (χ3n) is 3.76. The zero-order chi connectivity index (χ0) is 20.3. The van der Waals surface area contributed by atoms with Gasteiger partial charge in [-0.15, -0.1) is 5.10 Å². The maximum Gasteiger partial charge on any atom is 0.278 e. The zero-order valence-corrected chi connectivity index (χ0v) is 16.1. The van der Waals surface area contributed by atoms with Crippen LogP contribution in [0.3, 0.4) is 0 Å². The molecule has 0 saturated heterocycles. The number of hydrogen-bond acceptors (Lipinski definition) is 6. The van der Waals surface area contributed by atoms with Gasteiger partial charge in [-0.1, -0.05) is 17.3 Å². The van der Waals surface area contributed by atoms with Gasteiger partial charge in [0, 0.05) is 11.7 Å². The van der Waals surface area contributed by atoms with Crippen LogP contribution in [0, 0.1) is 0 Å². The van der Waals surface area contributed by atoms with Crippen LogP contribution in [0.4, 0.5) is 5.69 Å². The SMILES string of the molecule is CC(C)NS(=O)(=O)c1ccc(NC(=O)Cn2nnc3ccccc3c2=O)cc1. The molecule has 2 aromatic carbocycles. The lowest BCUT2D eigenvalue weighted by Gasteiger charge is -2.10. The maximum atomic E-state index is 12.4. The fraction of sp³-hybridized carbons (Fsp3) is 0.222. The number of rotatable bonds is 6. The summed E-state index contributed by atoms with van der Waals surface area (Å²) in [5.74, 6) is -0.484. The van der Waals surface area contributed by atoms with Crippen LogP contribution in [0.15, 0.2) is 58.2 Å². The highest BCUT2D eigenvalue weighted by atomic mass is 32.2. The molecule has 1 aromatic heterocycles. The molecule has 0 aliphatic carbocycles. The van der Waals surface area contributed by atoms with Crippen LogP contribution in [0.2, 0.25) is 0 Å². The van der Waals surface area contributed by atoms with Gasteiger partial charge in [0.25, 0.3) is 5.56 Å². The van der Waals surface area contributed by atoms with Gasteiger partial charge in [0.2, 0.25) is 15.9 Å². The van der Waals surface area contributed by atoms with E-state index >= 15 is 0 Å². The van der Waals surface area contributed by atoms with E-state index in [1.165, 1.54) is 24.3 Å². The Morgan fingerprint density at radius 3 is 2.46 bits per heavy atom. The van der Waals surface area contributed by atoms with E-state index in [9.17, 15) is 18.0 Å². The van der Waals surface area contributed by atoms with Crippen molar-refractivity contribution in [3.63, 3.8) is 0 Å². The van der Waals surface area contributed by atoms with Gasteiger partial charge >= 0.3 is 0 Å². The summed E-state index contributed by atoms with van der Waals surface area (Å²) in [6.07, 6.45) is 0. The summed E-state index contributed by atoms with van der Waals surface area (Å²) in [5.41, 5.74) is 0.438. The van der Waals surface area contributed by atoms with Gasteiger partial charge < -0.3 is 5.32 Å². The topological polar surface area (TPSA) is 123 Å². The minimum absolute atomic E-state index is 0.0933. The number of fused-ring (bicyclic) bond motifs is 1. The lowest BCUT2D eigenvalue weighted by Crippen LogP contribution is -2.30. The molecule has 3 rings (SSSR count). The van der Waals surface area contributed by atoms with Gasteiger partial charge in [-0.05, 0) is 50.2 Å². The van der Waals surface area contributed by atoms with Crippen LogP contribution in [0.25, 0.3) is 10.9 Å². The van der Waals surface area contributed by atoms with Gasteiger partial charge in [-0.25, -0.2) is 17.8 Å². The fourth-order valence-electron chi connectivity index (χ4n) is 2.56. The summed E-state index contributed by atoms with van der Waals surface area (Å²) < 4.78 is 27.7. The Hall–Kier alpha value is -3.11. The Kier molecular flexibility index (Phi) is 5.52. The van der Waals surface area contributed by atoms with E-state index in [0.29, 0.717) is 16.6 Å². The van der Waals surface area contributed by atoms with Crippen LogP contribution in [0.1, 0.15) is 13.8 Å². The minimum Gasteiger partial charge on any atom is -0.324 e. The van der Waals surface area contributed by atoms with Crippen molar-refractivity contribution in [2.45, 2.75) is 31.3 Å². The van der Waals surface area contributed by atoms with E-state index < -0.39 is 21.5 Å². The highest BCUT2D eigenvalue weighted by Crippen LogP contribution is 2.14. The summed E-state index contributed by atoms with van der Waals surface area (Å²) in [6, 6.07) is 12.2. The van der Waals surface area contributed by atoms with Crippen molar-refractivity contribution in [1.82, 2.24) is 19.7 Å². The quantitative estimate of drug-likeness (QED) is 0.638. The monoisotopic (exact) mass is 401 g/mol. The number of nitrogens with one attached hydrogen (secondary N) is 2. The molecule has 3 aromatic rings. The highest BCUT2D eigenvalue weighted by molar-refractivity contribution is 7.89. The van der Waals surface area contributed by atoms with Crippen LogP contribution < -0.4 is 15.6 Å². The molecule has 0 fully saturated rings. The van der Waals surface area contributed by atoms with Gasteiger partial charge in [0.05, 0.1) is 10.3 Å². The second-order valence-corrected chi connectivity index (χ2v) is 8.13. The molecule has 1 heterocycles. The van der Waals surface area contributed by atoms with E-state index in [4.69, 9.17) is 0 Å². The summed E-state index contributed by atoms with van der Waals surface area (Å²) in [4.78, 5) is 24.7. The first kappa shape index (κ1) is 19.6. The van der Waals surface area contributed by atoms with Crippen LogP contribution in [0.5, 0.6) is 0 Å². The summed E-state index contributed by atoms with van der Waals surface area (Å²) in [5, 5.41) is 10.7. The molecule has 0 radical (unpaired) electrons. The number of anilines is 1. The van der Waals surface area contributed by atoms with E-state index in [2.05, 4.69) is 20.4 Å². The second kappa shape index (κ2) is 7.87. The molecule has 0 unspecified atom stereocenters. The number of carbonyl (C=O) groups is 1. The Morgan fingerprint density at radius 2 is 1.79 bits per heavy atom. The predicted molar refractivity (Wildman–Crippen MR) is 104 cm³/mol. The first-order valence-electron chi connectivity index (χ1n) is 8.51. The number of benzene rings is 2. The van der Waals surface area contributed by atoms with Crippen molar-refractivity contribution in [1.29, 1.82) is 0 Å². The van der Waals surface area contributed by atoms with Crippen LogP contribution in [-0.2, 0) is 21.4 Å². The third-order valence-corrected chi connectivity index (χ3v) is 5.44. The lowest BCUT2D eigenvalue weighted by molar-refractivity contribution is -0.117. The van der Waals surface area contributed by atoms with E-state index in [0.717, 1.165) is 4.68 Å². The highest BCUT2D eigenvalue weighted by Gasteiger charge is 2.15. The van der Waals surface area contributed by atoms with Crippen LogP contribution in [-0.4, -0.2) is 35.4 Å². The van der Waals surface area contributed by atoms with Gasteiger partial charge in [0.15, 0.2) is 0 Å². The number of sulfonamides is 1. The van der Waals surface area contributed by atoms with Gasteiger partial charge in [-0.3, -0.25) is 9.59 Å². The lowest BCUT2D eigenvalue weighted by atomic mass is 10.2. The van der Waals surface area contributed by atoms with Gasteiger partial charge in [0.1, 0.15) is 12.1 Å². The van der Waals surface area contributed by atoms with Crippen molar-refractivity contribution < 1.29 is 13.2 Å². The molecule has 2 N–H and O–H groups in total. The Bertz CT molecular complexity index is 1170. The molecule has 0 aliphatic rings. The number of aromatic nitrogens is 3.